The average molecular weight is 569 g/mol. The molecule has 0 saturated heterocycles. The van der Waals surface area contributed by atoms with E-state index < -0.39 is 10.0 Å². The van der Waals surface area contributed by atoms with Crippen molar-refractivity contribution in [2.75, 3.05) is 13.6 Å². The van der Waals surface area contributed by atoms with Crippen molar-refractivity contribution in [1.29, 1.82) is 0 Å². The second-order valence-electron chi connectivity index (χ2n) is 6.91. The lowest BCUT2D eigenvalue weighted by Crippen LogP contribution is -2.36. The summed E-state index contributed by atoms with van der Waals surface area (Å²) >= 11 is 0. The van der Waals surface area contributed by atoms with Gasteiger partial charge in [-0.1, -0.05) is 29.8 Å². The van der Waals surface area contributed by atoms with Crippen LogP contribution in [0, 0.1) is 6.92 Å². The molecular weight excluding hydrogens is 541 g/mol. The quantitative estimate of drug-likeness (QED) is 0.218. The van der Waals surface area contributed by atoms with Crippen LogP contribution in [-0.4, -0.2) is 33.0 Å². The third-order valence-electron chi connectivity index (χ3n) is 4.53. The van der Waals surface area contributed by atoms with Crippen LogP contribution in [0.15, 0.2) is 69.1 Å². The maximum absolute atomic E-state index is 12.0. The summed E-state index contributed by atoms with van der Waals surface area (Å²) in [5.41, 5.74) is 3.64. The van der Waals surface area contributed by atoms with E-state index in [0.717, 1.165) is 16.8 Å². The molecule has 0 bridgehead atoms. The van der Waals surface area contributed by atoms with E-state index in [4.69, 9.17) is 4.42 Å². The molecule has 0 unspecified atom stereocenters. The number of oxazole rings is 1. The molecule has 172 valence electrons. The third-order valence-corrected chi connectivity index (χ3v) is 5.94. The van der Waals surface area contributed by atoms with Crippen molar-refractivity contribution in [2.45, 2.75) is 31.8 Å². The summed E-state index contributed by atoms with van der Waals surface area (Å²) in [5, 5.41) is 6.40. The van der Waals surface area contributed by atoms with Crippen LogP contribution in [0.3, 0.4) is 0 Å². The van der Waals surface area contributed by atoms with Crippen molar-refractivity contribution >= 4 is 40.0 Å². The monoisotopic (exact) mass is 569 g/mol. The molecule has 3 rings (SSSR count). The highest BCUT2D eigenvalue weighted by molar-refractivity contribution is 14.0. The molecule has 2 aromatic carbocycles. The maximum Gasteiger partial charge on any atom is 0.240 e. The van der Waals surface area contributed by atoms with Gasteiger partial charge in [0.2, 0.25) is 15.9 Å². The zero-order valence-electron chi connectivity index (χ0n) is 18.3. The Labute approximate surface area is 206 Å². The van der Waals surface area contributed by atoms with Crippen LogP contribution in [0.5, 0.6) is 0 Å². The van der Waals surface area contributed by atoms with Gasteiger partial charge in [0.25, 0.3) is 0 Å². The number of aliphatic imine (C=N–C) groups is 1. The minimum absolute atomic E-state index is 0. The van der Waals surface area contributed by atoms with Crippen molar-refractivity contribution < 1.29 is 12.8 Å². The van der Waals surface area contributed by atoms with E-state index in [1.807, 2.05) is 44.2 Å². The zero-order chi connectivity index (χ0) is 22.3. The van der Waals surface area contributed by atoms with Crippen LogP contribution in [0.4, 0.5) is 0 Å². The van der Waals surface area contributed by atoms with Gasteiger partial charge in [-0.25, -0.2) is 23.1 Å². The molecule has 0 atom stereocenters. The topological polar surface area (TPSA) is 109 Å². The number of hydrogen-bond donors (Lipinski definition) is 3. The fourth-order valence-electron chi connectivity index (χ4n) is 2.83. The molecular formula is C22H28IN5O3S. The Morgan fingerprint density at radius 3 is 2.56 bits per heavy atom. The van der Waals surface area contributed by atoms with Gasteiger partial charge in [-0.3, -0.25) is 0 Å². The summed E-state index contributed by atoms with van der Waals surface area (Å²) in [5.74, 6) is 1.17. The third kappa shape index (κ3) is 7.04. The van der Waals surface area contributed by atoms with E-state index in [0.29, 0.717) is 31.5 Å². The van der Waals surface area contributed by atoms with Gasteiger partial charge in [0, 0.05) is 12.1 Å². The molecule has 0 saturated carbocycles. The first-order valence-corrected chi connectivity index (χ1v) is 11.5. The molecule has 8 nitrogen and oxygen atoms in total. The van der Waals surface area contributed by atoms with Gasteiger partial charge in [0.05, 0.1) is 23.7 Å². The molecule has 3 N–H and O–H groups in total. The predicted octanol–water partition coefficient (Wildman–Crippen LogP) is 3.43. The van der Waals surface area contributed by atoms with Gasteiger partial charge < -0.3 is 15.1 Å². The van der Waals surface area contributed by atoms with Crippen LogP contribution in [-0.2, 0) is 23.1 Å². The summed E-state index contributed by atoms with van der Waals surface area (Å²) < 4.78 is 31.9. The van der Waals surface area contributed by atoms with Crippen LogP contribution in [0.2, 0.25) is 0 Å². The summed E-state index contributed by atoms with van der Waals surface area (Å²) in [7, 11) is -2.10. The van der Waals surface area contributed by atoms with Crippen molar-refractivity contribution in [3.8, 4) is 11.5 Å². The summed E-state index contributed by atoms with van der Waals surface area (Å²) in [6.07, 6.45) is 1.62. The Kier molecular flexibility index (Phi) is 9.66. The largest absolute Gasteiger partial charge is 0.444 e. The standard InChI is InChI=1S/C22H27N5O3S.HI/c1-4-24-22(25-13-17-6-5-7-20(12-17)31(28,29)23-3)26-14-19-15-30-21(27-19)18-10-8-16(2)9-11-18;/h5-12,15,23H,4,13-14H2,1-3H3,(H2,24,25,26);1H. The van der Waals surface area contributed by atoms with Crippen molar-refractivity contribution in [2.24, 2.45) is 4.99 Å². The number of halogens is 1. The van der Waals surface area contributed by atoms with Gasteiger partial charge in [-0.15, -0.1) is 24.0 Å². The first kappa shape index (κ1) is 25.8. The Morgan fingerprint density at radius 1 is 1.12 bits per heavy atom. The Morgan fingerprint density at radius 2 is 1.88 bits per heavy atom. The lowest BCUT2D eigenvalue weighted by molar-refractivity contribution is 0.572. The second-order valence-corrected chi connectivity index (χ2v) is 8.80. The molecule has 1 heterocycles. The fourth-order valence-corrected chi connectivity index (χ4v) is 3.63. The summed E-state index contributed by atoms with van der Waals surface area (Å²) in [6, 6.07) is 14.7. The molecule has 0 radical (unpaired) electrons. The first-order chi connectivity index (χ1) is 14.9. The average Bonchev–Trinajstić information content (AvgIpc) is 3.25. The lowest BCUT2D eigenvalue weighted by Gasteiger charge is -2.10. The molecule has 1 aromatic heterocycles. The molecule has 0 aliphatic carbocycles. The molecule has 0 fully saturated rings. The van der Waals surface area contributed by atoms with E-state index in [-0.39, 0.29) is 28.9 Å². The van der Waals surface area contributed by atoms with E-state index in [9.17, 15) is 8.42 Å². The Balaban J connectivity index is 0.00000363. The van der Waals surface area contributed by atoms with Gasteiger partial charge in [0.1, 0.15) is 6.26 Å². The molecule has 0 spiro atoms. The first-order valence-electron chi connectivity index (χ1n) is 9.97. The van der Waals surface area contributed by atoms with Crippen LogP contribution in [0.25, 0.3) is 11.5 Å². The Hall–Kier alpha value is -2.44. The SMILES string of the molecule is CCNC(=NCc1cccc(S(=O)(=O)NC)c1)NCc1coc(-c2ccc(C)cc2)n1.I. The smallest absolute Gasteiger partial charge is 0.240 e. The van der Waals surface area contributed by atoms with Crippen molar-refractivity contribution in [3.05, 3.63) is 71.6 Å². The predicted molar refractivity (Wildman–Crippen MR) is 136 cm³/mol. The second kappa shape index (κ2) is 12.0. The van der Waals surface area contributed by atoms with Gasteiger partial charge in [-0.2, -0.15) is 0 Å². The van der Waals surface area contributed by atoms with E-state index >= 15 is 0 Å². The number of benzene rings is 2. The number of aromatic nitrogens is 1. The number of nitrogens with one attached hydrogen (secondary N) is 3. The highest BCUT2D eigenvalue weighted by Crippen LogP contribution is 2.19. The number of rotatable bonds is 8. The minimum atomic E-state index is -3.49. The summed E-state index contributed by atoms with van der Waals surface area (Å²) in [6.45, 7) is 5.47. The van der Waals surface area contributed by atoms with Gasteiger partial charge >= 0.3 is 0 Å². The number of guanidine groups is 1. The van der Waals surface area contributed by atoms with Crippen LogP contribution in [0.1, 0.15) is 23.7 Å². The molecule has 0 aliphatic rings. The van der Waals surface area contributed by atoms with E-state index in [1.165, 1.54) is 12.6 Å². The lowest BCUT2D eigenvalue weighted by atomic mass is 10.1. The highest BCUT2D eigenvalue weighted by atomic mass is 127. The van der Waals surface area contributed by atoms with E-state index in [1.54, 1.807) is 24.5 Å². The van der Waals surface area contributed by atoms with Crippen LogP contribution < -0.4 is 15.4 Å². The normalized spacial score (nSPS) is 11.7. The number of sulfonamides is 1. The molecule has 32 heavy (non-hydrogen) atoms. The fraction of sp³-hybridized carbons (Fsp3) is 0.273. The number of hydrogen-bond acceptors (Lipinski definition) is 5. The number of aryl methyl sites for hydroxylation is 1. The van der Waals surface area contributed by atoms with Crippen molar-refractivity contribution in [1.82, 2.24) is 20.3 Å². The van der Waals surface area contributed by atoms with Crippen LogP contribution >= 0.6 is 24.0 Å². The molecule has 3 aromatic rings. The number of nitrogens with zero attached hydrogens (tertiary/aromatic N) is 2. The van der Waals surface area contributed by atoms with E-state index in [2.05, 4.69) is 25.3 Å². The maximum atomic E-state index is 12.0. The molecule has 0 amide bonds. The highest BCUT2D eigenvalue weighted by Gasteiger charge is 2.11. The van der Waals surface area contributed by atoms with Crippen molar-refractivity contribution in [3.63, 3.8) is 0 Å². The van der Waals surface area contributed by atoms with Gasteiger partial charge in [-0.05, 0) is 50.7 Å². The summed E-state index contributed by atoms with van der Waals surface area (Å²) in [4.78, 5) is 9.28. The molecule has 10 heteroatoms. The zero-order valence-corrected chi connectivity index (χ0v) is 21.4. The van der Waals surface area contributed by atoms with Gasteiger partial charge in [0.15, 0.2) is 5.96 Å². The molecule has 0 aliphatic heterocycles. The Bertz CT molecular complexity index is 1140. The minimum Gasteiger partial charge on any atom is -0.444 e.